The Hall–Kier alpha value is -0.0800. The molecule has 0 amide bonds. The van der Waals surface area contributed by atoms with Gasteiger partial charge in [0.2, 0.25) is 0 Å². The lowest BCUT2D eigenvalue weighted by atomic mass is 9.83. The van der Waals surface area contributed by atoms with E-state index in [1.165, 1.54) is 6.42 Å². The van der Waals surface area contributed by atoms with Gasteiger partial charge in [0.25, 0.3) is 0 Å². The molecule has 86 valence electrons. The van der Waals surface area contributed by atoms with Gasteiger partial charge in [0.15, 0.2) is 0 Å². The summed E-state index contributed by atoms with van der Waals surface area (Å²) in [4.78, 5) is 0. The number of methoxy groups -OCH3 is 1. The van der Waals surface area contributed by atoms with Crippen molar-refractivity contribution in [2.24, 2.45) is 5.41 Å². The summed E-state index contributed by atoms with van der Waals surface area (Å²) < 4.78 is 5.60. The van der Waals surface area contributed by atoms with Crippen LogP contribution >= 0.6 is 0 Å². The van der Waals surface area contributed by atoms with Gasteiger partial charge in [-0.05, 0) is 24.8 Å². The molecule has 1 N–H and O–H groups in total. The summed E-state index contributed by atoms with van der Waals surface area (Å²) in [5.74, 6) is 0. The first-order valence-electron chi connectivity index (χ1n) is 5.73. The molecule has 0 fully saturated rings. The van der Waals surface area contributed by atoms with Crippen molar-refractivity contribution in [3.8, 4) is 0 Å². The molecule has 2 atom stereocenters. The average molecular weight is 201 g/mol. The molecule has 0 aromatic rings. The molecule has 0 aromatic heterocycles. The molecule has 0 saturated heterocycles. The van der Waals surface area contributed by atoms with Crippen LogP contribution in [0.3, 0.4) is 0 Å². The molecule has 0 aliphatic carbocycles. The minimum Gasteiger partial charge on any atom is -0.379 e. The zero-order chi connectivity index (χ0) is 11.2. The van der Waals surface area contributed by atoms with Crippen LogP contribution in [0.15, 0.2) is 0 Å². The molecule has 0 spiro atoms. The second-order valence-electron chi connectivity index (χ2n) is 4.99. The molecule has 2 nitrogen and oxygen atoms in total. The van der Waals surface area contributed by atoms with Crippen molar-refractivity contribution in [3.63, 3.8) is 0 Å². The standard InChI is InChI=1S/C12H27NO/c1-7-9-13-10(8-2)11(14-6)12(3,4)5/h10-11,13H,7-9H2,1-6H3. The SMILES string of the molecule is CCCNC(CC)C(OC)C(C)(C)C. The number of hydrogen-bond donors (Lipinski definition) is 1. The van der Waals surface area contributed by atoms with Gasteiger partial charge in [0.05, 0.1) is 6.10 Å². The van der Waals surface area contributed by atoms with E-state index in [9.17, 15) is 0 Å². The maximum Gasteiger partial charge on any atom is 0.0772 e. The third-order valence-electron chi connectivity index (χ3n) is 2.57. The van der Waals surface area contributed by atoms with Crippen molar-refractivity contribution < 1.29 is 4.74 Å². The highest BCUT2D eigenvalue weighted by atomic mass is 16.5. The average Bonchev–Trinajstić information content (AvgIpc) is 2.09. The molecular weight excluding hydrogens is 174 g/mol. The first-order chi connectivity index (χ1) is 6.47. The summed E-state index contributed by atoms with van der Waals surface area (Å²) in [7, 11) is 1.81. The van der Waals surface area contributed by atoms with Gasteiger partial charge < -0.3 is 10.1 Å². The summed E-state index contributed by atoms with van der Waals surface area (Å²) in [6.45, 7) is 12.2. The highest BCUT2D eigenvalue weighted by molar-refractivity contribution is 4.85. The Kier molecular flexibility index (Phi) is 6.38. The highest BCUT2D eigenvalue weighted by Crippen LogP contribution is 2.25. The van der Waals surface area contributed by atoms with Gasteiger partial charge in [-0.3, -0.25) is 0 Å². The number of ether oxygens (including phenoxy) is 1. The maximum absolute atomic E-state index is 5.60. The maximum atomic E-state index is 5.60. The molecule has 0 rings (SSSR count). The monoisotopic (exact) mass is 201 g/mol. The second-order valence-corrected chi connectivity index (χ2v) is 4.99. The van der Waals surface area contributed by atoms with E-state index in [0.29, 0.717) is 12.1 Å². The van der Waals surface area contributed by atoms with Crippen molar-refractivity contribution in [3.05, 3.63) is 0 Å². The van der Waals surface area contributed by atoms with Crippen molar-refractivity contribution in [2.75, 3.05) is 13.7 Å². The first kappa shape index (κ1) is 13.9. The molecule has 0 saturated carbocycles. The molecule has 0 aromatic carbocycles. The van der Waals surface area contributed by atoms with Crippen molar-refractivity contribution >= 4 is 0 Å². The predicted molar refractivity (Wildman–Crippen MR) is 62.6 cm³/mol. The van der Waals surface area contributed by atoms with Crippen LogP contribution in [0.4, 0.5) is 0 Å². The Morgan fingerprint density at radius 1 is 1.21 bits per heavy atom. The predicted octanol–water partition coefficient (Wildman–Crippen LogP) is 2.83. The third-order valence-corrected chi connectivity index (χ3v) is 2.57. The Morgan fingerprint density at radius 2 is 1.79 bits per heavy atom. The first-order valence-corrected chi connectivity index (χ1v) is 5.73. The fraction of sp³-hybridized carbons (Fsp3) is 1.00. The summed E-state index contributed by atoms with van der Waals surface area (Å²) in [5, 5.41) is 3.55. The lowest BCUT2D eigenvalue weighted by molar-refractivity contribution is -0.0119. The topological polar surface area (TPSA) is 21.3 Å². The van der Waals surface area contributed by atoms with E-state index in [1.54, 1.807) is 0 Å². The van der Waals surface area contributed by atoms with Crippen molar-refractivity contribution in [2.45, 2.75) is 59.6 Å². The van der Waals surface area contributed by atoms with Gasteiger partial charge in [-0.2, -0.15) is 0 Å². The van der Waals surface area contributed by atoms with Gasteiger partial charge in [-0.15, -0.1) is 0 Å². The van der Waals surface area contributed by atoms with Gasteiger partial charge in [0.1, 0.15) is 0 Å². The van der Waals surface area contributed by atoms with E-state index >= 15 is 0 Å². The molecule has 2 unspecified atom stereocenters. The van der Waals surface area contributed by atoms with Crippen LogP contribution in [0.25, 0.3) is 0 Å². The molecular formula is C12H27NO. The van der Waals surface area contributed by atoms with Gasteiger partial charge in [-0.25, -0.2) is 0 Å². The molecule has 0 aliphatic heterocycles. The molecule has 0 bridgehead atoms. The summed E-state index contributed by atoms with van der Waals surface area (Å²) in [5.41, 5.74) is 0.205. The van der Waals surface area contributed by atoms with E-state index < -0.39 is 0 Å². The Balaban J connectivity index is 4.29. The second kappa shape index (κ2) is 6.41. The molecule has 0 heterocycles. The number of nitrogens with one attached hydrogen (secondary N) is 1. The van der Waals surface area contributed by atoms with Crippen molar-refractivity contribution in [1.82, 2.24) is 5.32 Å². The van der Waals surface area contributed by atoms with Crippen LogP contribution in [0.2, 0.25) is 0 Å². The number of rotatable bonds is 6. The van der Waals surface area contributed by atoms with Crippen LogP contribution in [0.5, 0.6) is 0 Å². The zero-order valence-electron chi connectivity index (χ0n) is 10.7. The Morgan fingerprint density at radius 3 is 2.07 bits per heavy atom. The minimum absolute atomic E-state index is 0.205. The third kappa shape index (κ3) is 4.43. The van der Waals surface area contributed by atoms with Crippen LogP contribution in [-0.2, 0) is 4.74 Å². The van der Waals surface area contributed by atoms with E-state index in [-0.39, 0.29) is 5.41 Å². The van der Waals surface area contributed by atoms with E-state index in [4.69, 9.17) is 4.74 Å². The van der Waals surface area contributed by atoms with Gasteiger partial charge in [-0.1, -0.05) is 34.6 Å². The van der Waals surface area contributed by atoms with Crippen molar-refractivity contribution in [1.29, 1.82) is 0 Å². The lowest BCUT2D eigenvalue weighted by Gasteiger charge is -2.36. The summed E-state index contributed by atoms with van der Waals surface area (Å²) in [6.07, 6.45) is 2.59. The molecule has 2 heteroatoms. The quantitative estimate of drug-likeness (QED) is 0.713. The van der Waals surface area contributed by atoms with Crippen LogP contribution < -0.4 is 5.32 Å². The highest BCUT2D eigenvalue weighted by Gasteiger charge is 2.30. The molecule has 0 aliphatic rings. The lowest BCUT2D eigenvalue weighted by Crippen LogP contribution is -2.47. The van der Waals surface area contributed by atoms with Crippen LogP contribution in [0.1, 0.15) is 47.5 Å². The van der Waals surface area contributed by atoms with Crippen LogP contribution in [0, 0.1) is 5.41 Å². The van der Waals surface area contributed by atoms with Gasteiger partial charge in [0, 0.05) is 13.2 Å². The molecule has 0 radical (unpaired) electrons. The van der Waals surface area contributed by atoms with Gasteiger partial charge >= 0.3 is 0 Å². The number of hydrogen-bond acceptors (Lipinski definition) is 2. The van der Waals surface area contributed by atoms with Crippen LogP contribution in [-0.4, -0.2) is 25.8 Å². The molecule has 14 heavy (non-hydrogen) atoms. The zero-order valence-corrected chi connectivity index (χ0v) is 10.7. The minimum atomic E-state index is 0.205. The summed E-state index contributed by atoms with van der Waals surface area (Å²) in [6, 6.07) is 0.472. The smallest absolute Gasteiger partial charge is 0.0772 e. The fourth-order valence-electron chi connectivity index (χ4n) is 1.92. The largest absolute Gasteiger partial charge is 0.379 e. The Labute approximate surface area is 89.4 Å². The Bertz CT molecular complexity index is 140. The summed E-state index contributed by atoms with van der Waals surface area (Å²) >= 11 is 0. The van der Waals surface area contributed by atoms with E-state index in [0.717, 1.165) is 13.0 Å². The van der Waals surface area contributed by atoms with E-state index in [1.807, 2.05) is 7.11 Å². The normalized spacial score (nSPS) is 16.7. The van der Waals surface area contributed by atoms with E-state index in [2.05, 4.69) is 39.9 Å². The fourth-order valence-corrected chi connectivity index (χ4v) is 1.92.